The highest BCUT2D eigenvalue weighted by atomic mass is 16.5. The molecular formula is C17H29NO3. The second-order valence-corrected chi connectivity index (χ2v) is 5.72. The summed E-state index contributed by atoms with van der Waals surface area (Å²) in [5.41, 5.74) is -0.202. The van der Waals surface area contributed by atoms with Crippen molar-refractivity contribution in [3.05, 3.63) is 24.3 Å². The number of ether oxygens (including phenoxy) is 2. The zero-order valence-electron chi connectivity index (χ0n) is 13.7. The predicted molar refractivity (Wildman–Crippen MR) is 86.1 cm³/mol. The molecule has 0 aliphatic carbocycles. The molecule has 0 spiro atoms. The number of hydrogen-bond donors (Lipinski definition) is 2. The Hall–Kier alpha value is -1.26. The van der Waals surface area contributed by atoms with E-state index in [1.807, 2.05) is 24.3 Å². The lowest BCUT2D eigenvalue weighted by Gasteiger charge is -2.34. The maximum atomic E-state index is 9.69. The number of methoxy groups -OCH3 is 1. The van der Waals surface area contributed by atoms with E-state index in [1.165, 1.54) is 0 Å². The monoisotopic (exact) mass is 295 g/mol. The molecule has 0 saturated carbocycles. The van der Waals surface area contributed by atoms with Gasteiger partial charge in [0.05, 0.1) is 20.3 Å². The van der Waals surface area contributed by atoms with Crippen LogP contribution in [0.2, 0.25) is 0 Å². The summed E-state index contributed by atoms with van der Waals surface area (Å²) in [6.45, 7) is 7.10. The molecule has 0 saturated heterocycles. The Bertz CT molecular complexity index is 403. The van der Waals surface area contributed by atoms with Gasteiger partial charge in [-0.05, 0) is 31.4 Å². The van der Waals surface area contributed by atoms with Gasteiger partial charge >= 0.3 is 0 Å². The summed E-state index contributed by atoms with van der Waals surface area (Å²) in [5.74, 6) is 1.62. The normalized spacial score (nSPS) is 14.0. The van der Waals surface area contributed by atoms with E-state index in [0.29, 0.717) is 12.6 Å². The van der Waals surface area contributed by atoms with E-state index in [9.17, 15) is 5.11 Å². The number of rotatable bonds is 10. The Kier molecular flexibility index (Phi) is 7.54. The zero-order valence-corrected chi connectivity index (χ0v) is 13.7. The van der Waals surface area contributed by atoms with Crippen molar-refractivity contribution in [2.45, 2.75) is 51.6 Å². The molecule has 0 aliphatic rings. The summed E-state index contributed by atoms with van der Waals surface area (Å²) < 4.78 is 10.9. The van der Waals surface area contributed by atoms with Crippen molar-refractivity contribution >= 4 is 0 Å². The Labute approximate surface area is 128 Å². The molecule has 4 nitrogen and oxygen atoms in total. The van der Waals surface area contributed by atoms with Crippen LogP contribution in [-0.2, 0) is 0 Å². The van der Waals surface area contributed by atoms with E-state index in [2.05, 4.69) is 26.1 Å². The largest absolute Gasteiger partial charge is 0.497 e. The molecule has 0 fully saturated rings. The van der Waals surface area contributed by atoms with Gasteiger partial charge < -0.3 is 19.9 Å². The van der Waals surface area contributed by atoms with Gasteiger partial charge in [-0.15, -0.1) is 0 Å². The van der Waals surface area contributed by atoms with Crippen molar-refractivity contribution in [3.63, 3.8) is 0 Å². The minimum Gasteiger partial charge on any atom is -0.497 e. The molecule has 0 bridgehead atoms. The van der Waals surface area contributed by atoms with Crippen molar-refractivity contribution in [2.24, 2.45) is 0 Å². The van der Waals surface area contributed by atoms with Crippen LogP contribution in [0.25, 0.3) is 0 Å². The van der Waals surface area contributed by atoms with Crippen LogP contribution < -0.4 is 14.8 Å². The molecule has 1 aromatic carbocycles. The van der Waals surface area contributed by atoms with Crippen LogP contribution >= 0.6 is 0 Å². The van der Waals surface area contributed by atoms with Crippen LogP contribution in [0.15, 0.2) is 24.3 Å². The predicted octanol–water partition coefficient (Wildman–Crippen LogP) is 2.99. The average Bonchev–Trinajstić information content (AvgIpc) is 2.50. The van der Waals surface area contributed by atoms with Gasteiger partial charge in [0.1, 0.15) is 11.5 Å². The molecule has 1 aromatic rings. The van der Waals surface area contributed by atoms with E-state index >= 15 is 0 Å². The van der Waals surface area contributed by atoms with Gasteiger partial charge in [0, 0.05) is 17.6 Å². The number of benzene rings is 1. The third-order valence-corrected chi connectivity index (χ3v) is 3.68. The molecule has 21 heavy (non-hydrogen) atoms. The second kappa shape index (κ2) is 8.90. The van der Waals surface area contributed by atoms with Crippen molar-refractivity contribution in [1.29, 1.82) is 0 Å². The highest BCUT2D eigenvalue weighted by molar-refractivity contribution is 5.32. The molecule has 0 amide bonds. The van der Waals surface area contributed by atoms with E-state index in [-0.39, 0.29) is 12.1 Å². The second-order valence-electron chi connectivity index (χ2n) is 5.72. The first kappa shape index (κ1) is 17.8. The first-order valence-corrected chi connectivity index (χ1v) is 7.70. The SMILES string of the molecule is CCC(CO)(CCCOc1cccc(OC)c1)NC(C)C. The Morgan fingerprint density at radius 3 is 2.57 bits per heavy atom. The average molecular weight is 295 g/mol. The molecule has 1 rings (SSSR count). The zero-order chi connectivity index (χ0) is 15.7. The summed E-state index contributed by atoms with van der Waals surface area (Å²) >= 11 is 0. The van der Waals surface area contributed by atoms with Crippen molar-refractivity contribution in [3.8, 4) is 11.5 Å². The Morgan fingerprint density at radius 1 is 1.29 bits per heavy atom. The minimum atomic E-state index is -0.202. The third-order valence-electron chi connectivity index (χ3n) is 3.68. The molecule has 120 valence electrons. The molecule has 1 atom stereocenters. The van der Waals surface area contributed by atoms with Crippen LogP contribution in [0.4, 0.5) is 0 Å². The van der Waals surface area contributed by atoms with Crippen molar-refractivity contribution in [2.75, 3.05) is 20.3 Å². The van der Waals surface area contributed by atoms with Gasteiger partial charge in [-0.3, -0.25) is 0 Å². The van der Waals surface area contributed by atoms with Crippen molar-refractivity contribution < 1.29 is 14.6 Å². The smallest absolute Gasteiger partial charge is 0.122 e. The van der Waals surface area contributed by atoms with Gasteiger partial charge in [-0.25, -0.2) is 0 Å². The molecule has 1 unspecified atom stereocenters. The maximum Gasteiger partial charge on any atom is 0.122 e. The molecule has 0 heterocycles. The lowest BCUT2D eigenvalue weighted by atomic mass is 9.90. The van der Waals surface area contributed by atoms with Crippen LogP contribution in [0.5, 0.6) is 11.5 Å². The summed E-state index contributed by atoms with van der Waals surface area (Å²) in [4.78, 5) is 0. The third kappa shape index (κ3) is 5.94. The first-order chi connectivity index (χ1) is 10.0. The van der Waals surface area contributed by atoms with Crippen LogP contribution in [0.3, 0.4) is 0 Å². The number of aliphatic hydroxyl groups excluding tert-OH is 1. The Morgan fingerprint density at radius 2 is 2.00 bits per heavy atom. The molecule has 0 aromatic heterocycles. The van der Waals surface area contributed by atoms with Crippen molar-refractivity contribution in [1.82, 2.24) is 5.32 Å². The maximum absolute atomic E-state index is 9.69. The molecule has 0 radical (unpaired) electrons. The number of aliphatic hydroxyl groups is 1. The van der Waals surface area contributed by atoms with Crippen LogP contribution in [0, 0.1) is 0 Å². The number of nitrogens with one attached hydrogen (secondary N) is 1. The fourth-order valence-electron chi connectivity index (χ4n) is 2.49. The van der Waals surface area contributed by atoms with Gasteiger partial charge in [-0.2, -0.15) is 0 Å². The quantitative estimate of drug-likeness (QED) is 0.652. The van der Waals surface area contributed by atoms with E-state index in [1.54, 1.807) is 7.11 Å². The highest BCUT2D eigenvalue weighted by Gasteiger charge is 2.27. The molecule has 4 heteroatoms. The molecule has 2 N–H and O–H groups in total. The summed E-state index contributed by atoms with van der Waals surface area (Å²) in [6, 6.07) is 7.97. The molecule has 0 aliphatic heterocycles. The van der Waals surface area contributed by atoms with Crippen LogP contribution in [0.1, 0.15) is 40.0 Å². The van der Waals surface area contributed by atoms with Gasteiger partial charge in [0.25, 0.3) is 0 Å². The van der Waals surface area contributed by atoms with E-state index in [0.717, 1.165) is 30.8 Å². The Balaban J connectivity index is 2.43. The lowest BCUT2D eigenvalue weighted by Crippen LogP contribution is -2.51. The molecular weight excluding hydrogens is 266 g/mol. The summed E-state index contributed by atoms with van der Waals surface area (Å²) in [6.07, 6.45) is 2.69. The van der Waals surface area contributed by atoms with Gasteiger partial charge in [-0.1, -0.05) is 26.8 Å². The fourth-order valence-corrected chi connectivity index (χ4v) is 2.49. The van der Waals surface area contributed by atoms with Crippen LogP contribution in [-0.4, -0.2) is 37.0 Å². The van der Waals surface area contributed by atoms with E-state index in [4.69, 9.17) is 9.47 Å². The topological polar surface area (TPSA) is 50.7 Å². The minimum absolute atomic E-state index is 0.154. The standard InChI is InChI=1S/C17H29NO3/c1-5-17(13-19,18-14(2)3)10-7-11-21-16-9-6-8-15(12-16)20-4/h6,8-9,12,14,18-19H,5,7,10-11,13H2,1-4H3. The summed E-state index contributed by atoms with van der Waals surface area (Å²) in [7, 11) is 1.65. The van der Waals surface area contributed by atoms with Gasteiger partial charge in [0.15, 0.2) is 0 Å². The fraction of sp³-hybridized carbons (Fsp3) is 0.647. The van der Waals surface area contributed by atoms with Gasteiger partial charge in [0.2, 0.25) is 0 Å². The number of hydrogen-bond acceptors (Lipinski definition) is 4. The van der Waals surface area contributed by atoms with E-state index < -0.39 is 0 Å². The first-order valence-electron chi connectivity index (χ1n) is 7.70. The highest BCUT2D eigenvalue weighted by Crippen LogP contribution is 2.21. The summed E-state index contributed by atoms with van der Waals surface area (Å²) in [5, 5.41) is 13.2. The lowest BCUT2D eigenvalue weighted by molar-refractivity contribution is 0.129.